The molecule has 0 aliphatic carbocycles. The Hall–Kier alpha value is -3.39. The highest BCUT2D eigenvalue weighted by atomic mass is 14.8. The molecule has 0 spiro atoms. The fourth-order valence-corrected chi connectivity index (χ4v) is 4.56. The zero-order valence-electron chi connectivity index (χ0n) is 17.3. The predicted octanol–water partition coefficient (Wildman–Crippen LogP) is 7.12. The van der Waals surface area contributed by atoms with Gasteiger partial charge in [0.05, 0.1) is 11.4 Å². The summed E-state index contributed by atoms with van der Waals surface area (Å²) in [5.41, 5.74) is 9.34. The van der Waals surface area contributed by atoms with Crippen molar-refractivity contribution in [2.75, 3.05) is 0 Å². The molecule has 2 heteroatoms. The minimum Gasteiger partial charge on any atom is -0.358 e. The van der Waals surface area contributed by atoms with Crippen molar-refractivity contribution < 1.29 is 0 Å². The number of aryl methyl sites for hydroxylation is 2. The van der Waals surface area contributed by atoms with Gasteiger partial charge in [0.1, 0.15) is 0 Å². The topological polar surface area (TPSA) is 28.1 Å². The maximum atomic E-state index is 4.97. The summed E-state index contributed by atoms with van der Waals surface area (Å²) in [5, 5.41) is 5.02. The molecule has 142 valence electrons. The SMILES string of the molecule is CC1=CC(C)=N/C1=C(/c1[nH]c(C)cc1C)c1c2ccccc2cc2ccccc12. The van der Waals surface area contributed by atoms with Crippen molar-refractivity contribution in [3.63, 3.8) is 0 Å². The number of aromatic nitrogens is 1. The summed E-state index contributed by atoms with van der Waals surface area (Å²) in [7, 11) is 0. The Bertz CT molecular complexity index is 1320. The molecule has 0 fully saturated rings. The number of benzene rings is 3. The van der Waals surface area contributed by atoms with Crippen LogP contribution in [0.15, 0.2) is 83.0 Å². The molecule has 2 heterocycles. The third kappa shape index (κ3) is 2.84. The van der Waals surface area contributed by atoms with E-state index >= 15 is 0 Å². The molecule has 1 aromatic heterocycles. The summed E-state index contributed by atoms with van der Waals surface area (Å²) in [6.07, 6.45) is 2.17. The van der Waals surface area contributed by atoms with Crippen LogP contribution in [0.4, 0.5) is 0 Å². The van der Waals surface area contributed by atoms with Crippen molar-refractivity contribution in [1.82, 2.24) is 4.98 Å². The fraction of sp³-hybridized carbons (Fsp3) is 0.148. The third-order valence-electron chi connectivity index (χ3n) is 5.74. The minimum absolute atomic E-state index is 1.06. The van der Waals surface area contributed by atoms with Gasteiger partial charge in [-0.05, 0) is 78.6 Å². The van der Waals surface area contributed by atoms with Crippen molar-refractivity contribution in [3.8, 4) is 0 Å². The van der Waals surface area contributed by atoms with Gasteiger partial charge in [-0.3, -0.25) is 4.99 Å². The molecule has 1 aliphatic heterocycles. The molecule has 5 rings (SSSR count). The number of hydrogen-bond acceptors (Lipinski definition) is 1. The van der Waals surface area contributed by atoms with Gasteiger partial charge in [-0.1, -0.05) is 48.5 Å². The molecule has 0 bridgehead atoms. The van der Waals surface area contributed by atoms with Gasteiger partial charge in [0.15, 0.2) is 0 Å². The van der Waals surface area contributed by atoms with E-state index in [0.717, 1.165) is 17.1 Å². The first-order chi connectivity index (χ1) is 14.0. The van der Waals surface area contributed by atoms with E-state index < -0.39 is 0 Å². The molecule has 0 amide bonds. The number of nitrogens with one attached hydrogen (secondary N) is 1. The van der Waals surface area contributed by atoms with Crippen molar-refractivity contribution in [3.05, 3.63) is 101 Å². The highest BCUT2D eigenvalue weighted by molar-refractivity contribution is 6.13. The second kappa shape index (κ2) is 6.59. The maximum Gasteiger partial charge on any atom is 0.0762 e. The van der Waals surface area contributed by atoms with Crippen LogP contribution in [-0.2, 0) is 0 Å². The smallest absolute Gasteiger partial charge is 0.0762 e. The first-order valence-corrected chi connectivity index (χ1v) is 10.1. The lowest BCUT2D eigenvalue weighted by atomic mass is 9.87. The lowest BCUT2D eigenvalue weighted by Crippen LogP contribution is -1.99. The number of aliphatic imine (C=N–C) groups is 1. The van der Waals surface area contributed by atoms with Crippen molar-refractivity contribution in [2.24, 2.45) is 4.99 Å². The molecule has 0 unspecified atom stereocenters. The minimum atomic E-state index is 1.06. The van der Waals surface area contributed by atoms with E-state index in [9.17, 15) is 0 Å². The van der Waals surface area contributed by atoms with Gasteiger partial charge in [0, 0.05) is 22.5 Å². The second-order valence-electron chi connectivity index (χ2n) is 8.01. The van der Waals surface area contributed by atoms with Crippen LogP contribution in [0.5, 0.6) is 0 Å². The van der Waals surface area contributed by atoms with Crippen LogP contribution >= 0.6 is 0 Å². The van der Waals surface area contributed by atoms with Gasteiger partial charge < -0.3 is 4.98 Å². The second-order valence-corrected chi connectivity index (χ2v) is 8.01. The molecule has 0 atom stereocenters. The zero-order valence-corrected chi connectivity index (χ0v) is 17.3. The quantitative estimate of drug-likeness (QED) is 0.361. The lowest BCUT2D eigenvalue weighted by Gasteiger charge is -2.17. The Morgan fingerprint density at radius 1 is 0.793 bits per heavy atom. The van der Waals surface area contributed by atoms with Crippen molar-refractivity contribution >= 4 is 32.8 Å². The maximum absolute atomic E-state index is 4.97. The number of fused-ring (bicyclic) bond motifs is 2. The van der Waals surface area contributed by atoms with Crippen molar-refractivity contribution in [2.45, 2.75) is 27.7 Å². The van der Waals surface area contributed by atoms with Gasteiger partial charge in [-0.15, -0.1) is 0 Å². The van der Waals surface area contributed by atoms with Crippen LogP contribution in [0.1, 0.15) is 36.4 Å². The van der Waals surface area contributed by atoms with Crippen LogP contribution < -0.4 is 0 Å². The van der Waals surface area contributed by atoms with Gasteiger partial charge in [-0.25, -0.2) is 0 Å². The number of nitrogens with zero attached hydrogens (tertiary/aromatic N) is 1. The van der Waals surface area contributed by atoms with E-state index in [2.05, 4.69) is 99.4 Å². The van der Waals surface area contributed by atoms with Crippen LogP contribution in [-0.4, -0.2) is 10.7 Å². The summed E-state index contributed by atoms with van der Waals surface area (Å²) in [4.78, 5) is 8.60. The molecular weight excluding hydrogens is 352 g/mol. The van der Waals surface area contributed by atoms with Gasteiger partial charge >= 0.3 is 0 Å². The van der Waals surface area contributed by atoms with E-state index in [4.69, 9.17) is 4.99 Å². The summed E-state index contributed by atoms with van der Waals surface area (Å²) in [5.74, 6) is 0. The molecule has 29 heavy (non-hydrogen) atoms. The summed E-state index contributed by atoms with van der Waals surface area (Å²) < 4.78 is 0. The first kappa shape index (κ1) is 17.7. The van der Waals surface area contributed by atoms with E-state index in [-0.39, 0.29) is 0 Å². The van der Waals surface area contributed by atoms with Crippen LogP contribution in [0.2, 0.25) is 0 Å². The van der Waals surface area contributed by atoms with Gasteiger partial charge in [0.25, 0.3) is 0 Å². The monoisotopic (exact) mass is 376 g/mol. The molecular formula is C27H24N2. The molecule has 0 saturated carbocycles. The Balaban J connectivity index is 2.02. The van der Waals surface area contributed by atoms with Crippen LogP contribution in [0, 0.1) is 13.8 Å². The lowest BCUT2D eigenvalue weighted by molar-refractivity contribution is 1.21. The molecule has 1 N–H and O–H groups in total. The number of rotatable bonds is 2. The number of allylic oxidation sites excluding steroid dienone is 2. The van der Waals surface area contributed by atoms with E-state index in [1.54, 1.807) is 0 Å². The van der Waals surface area contributed by atoms with Crippen molar-refractivity contribution in [1.29, 1.82) is 0 Å². The van der Waals surface area contributed by atoms with E-state index in [0.29, 0.717) is 0 Å². The molecule has 0 radical (unpaired) electrons. The Morgan fingerprint density at radius 2 is 1.41 bits per heavy atom. The standard InChI is InChI=1S/C27H24N2/c1-16-13-18(3)28-26(16)25(27-17(2)14-19(4)29-27)24-22-11-7-5-9-20(22)15-21-10-6-8-12-23(21)24/h5-15,28H,1-4H3/b27-25+. The molecule has 3 aromatic carbocycles. The Kier molecular flexibility index (Phi) is 4.02. The van der Waals surface area contributed by atoms with E-state index in [1.165, 1.54) is 49.5 Å². The molecule has 4 aromatic rings. The van der Waals surface area contributed by atoms with Gasteiger partial charge in [0.2, 0.25) is 0 Å². The average Bonchev–Trinajstić information content (AvgIpc) is 3.21. The largest absolute Gasteiger partial charge is 0.358 e. The van der Waals surface area contributed by atoms with E-state index in [1.807, 2.05) is 0 Å². The highest BCUT2D eigenvalue weighted by Gasteiger charge is 2.23. The average molecular weight is 377 g/mol. The Labute approximate surface area is 171 Å². The summed E-state index contributed by atoms with van der Waals surface area (Å²) >= 11 is 0. The molecule has 2 nitrogen and oxygen atoms in total. The number of aromatic amines is 1. The summed E-state index contributed by atoms with van der Waals surface area (Å²) in [6, 6.07) is 21.8. The predicted molar refractivity (Wildman–Crippen MR) is 125 cm³/mol. The molecule has 0 saturated heterocycles. The zero-order chi connectivity index (χ0) is 20.1. The first-order valence-electron chi connectivity index (χ1n) is 10.1. The Morgan fingerprint density at radius 3 is 1.93 bits per heavy atom. The fourth-order valence-electron chi connectivity index (χ4n) is 4.56. The normalized spacial score (nSPS) is 15.7. The van der Waals surface area contributed by atoms with Gasteiger partial charge in [-0.2, -0.15) is 0 Å². The highest BCUT2D eigenvalue weighted by Crippen LogP contribution is 2.41. The summed E-state index contributed by atoms with van der Waals surface area (Å²) in [6.45, 7) is 8.53. The van der Waals surface area contributed by atoms with Crippen LogP contribution in [0.25, 0.3) is 27.1 Å². The van der Waals surface area contributed by atoms with Crippen LogP contribution in [0.3, 0.4) is 0 Å². The number of H-pyrrole nitrogens is 1. The third-order valence-corrected chi connectivity index (χ3v) is 5.74. The number of hydrogen-bond donors (Lipinski definition) is 1. The molecule has 1 aliphatic rings.